The second kappa shape index (κ2) is 6.09. The summed E-state index contributed by atoms with van der Waals surface area (Å²) in [5, 5.41) is 10.4. The van der Waals surface area contributed by atoms with Gasteiger partial charge in [-0.05, 0) is 17.7 Å². The molecule has 0 saturated heterocycles. The van der Waals surface area contributed by atoms with Crippen LogP contribution in [0.4, 0.5) is 0 Å². The van der Waals surface area contributed by atoms with Crippen molar-refractivity contribution in [2.45, 2.75) is 12.8 Å². The highest BCUT2D eigenvalue weighted by atomic mass is 35.5. The van der Waals surface area contributed by atoms with Crippen LogP contribution in [0.5, 0.6) is 5.75 Å². The van der Waals surface area contributed by atoms with Gasteiger partial charge in [-0.2, -0.15) is 0 Å². The SMILES string of the molecule is O=C(Cc1ccccc1)Cc1cc(Cl)cc(Cl)c1O. The van der Waals surface area contributed by atoms with Gasteiger partial charge in [-0.15, -0.1) is 0 Å². The fraction of sp³-hybridized carbons (Fsp3) is 0.133. The maximum absolute atomic E-state index is 12.0. The first-order valence-electron chi connectivity index (χ1n) is 5.79. The summed E-state index contributed by atoms with van der Waals surface area (Å²) in [6, 6.07) is 12.5. The summed E-state index contributed by atoms with van der Waals surface area (Å²) in [4.78, 5) is 12.0. The Balaban J connectivity index is 2.11. The number of carbonyl (C=O) groups excluding carboxylic acids is 1. The van der Waals surface area contributed by atoms with E-state index in [2.05, 4.69) is 0 Å². The maximum atomic E-state index is 12.0. The highest BCUT2D eigenvalue weighted by Gasteiger charge is 2.12. The fourth-order valence-corrected chi connectivity index (χ4v) is 2.39. The second-order valence-corrected chi connectivity index (χ2v) is 5.12. The van der Waals surface area contributed by atoms with Crippen molar-refractivity contribution < 1.29 is 9.90 Å². The number of aromatic hydroxyl groups is 1. The molecule has 0 radical (unpaired) electrons. The fourth-order valence-electron chi connectivity index (χ4n) is 1.85. The van der Waals surface area contributed by atoms with E-state index < -0.39 is 0 Å². The lowest BCUT2D eigenvalue weighted by atomic mass is 10.0. The van der Waals surface area contributed by atoms with Crippen LogP contribution in [0.3, 0.4) is 0 Å². The van der Waals surface area contributed by atoms with Crippen molar-refractivity contribution in [3.8, 4) is 5.75 Å². The number of carbonyl (C=O) groups is 1. The predicted molar refractivity (Wildman–Crippen MR) is 77.0 cm³/mol. The largest absolute Gasteiger partial charge is 0.506 e. The molecule has 2 rings (SSSR count). The van der Waals surface area contributed by atoms with Gasteiger partial charge in [0.05, 0.1) is 5.02 Å². The second-order valence-electron chi connectivity index (χ2n) is 4.27. The van der Waals surface area contributed by atoms with Gasteiger partial charge in [-0.1, -0.05) is 53.5 Å². The van der Waals surface area contributed by atoms with E-state index in [1.165, 1.54) is 6.07 Å². The van der Waals surface area contributed by atoms with Crippen LogP contribution in [-0.4, -0.2) is 10.9 Å². The zero-order valence-electron chi connectivity index (χ0n) is 10.1. The molecule has 0 amide bonds. The molecule has 0 aromatic heterocycles. The van der Waals surface area contributed by atoms with Gasteiger partial charge in [-0.25, -0.2) is 0 Å². The lowest BCUT2D eigenvalue weighted by Gasteiger charge is -2.07. The molecule has 0 unspecified atom stereocenters. The molecule has 0 fully saturated rings. The summed E-state index contributed by atoms with van der Waals surface area (Å²) in [7, 11) is 0. The average molecular weight is 295 g/mol. The molecule has 4 heteroatoms. The summed E-state index contributed by atoms with van der Waals surface area (Å²) < 4.78 is 0. The Bertz CT molecular complexity index is 595. The smallest absolute Gasteiger partial charge is 0.141 e. The summed E-state index contributed by atoms with van der Waals surface area (Å²) in [5.41, 5.74) is 1.40. The van der Waals surface area contributed by atoms with E-state index >= 15 is 0 Å². The third kappa shape index (κ3) is 3.72. The number of phenolic OH excluding ortho intramolecular Hbond substituents is 1. The van der Waals surface area contributed by atoms with Crippen LogP contribution in [0, 0.1) is 0 Å². The molecule has 0 atom stereocenters. The lowest BCUT2D eigenvalue weighted by molar-refractivity contribution is -0.117. The number of hydrogen-bond acceptors (Lipinski definition) is 2. The van der Waals surface area contributed by atoms with Crippen molar-refractivity contribution in [2.24, 2.45) is 0 Å². The van der Waals surface area contributed by atoms with E-state index in [9.17, 15) is 9.90 Å². The normalized spacial score (nSPS) is 10.4. The first kappa shape index (κ1) is 13.9. The monoisotopic (exact) mass is 294 g/mol. The van der Waals surface area contributed by atoms with Gasteiger partial charge in [0.15, 0.2) is 0 Å². The third-order valence-electron chi connectivity index (χ3n) is 2.74. The van der Waals surface area contributed by atoms with Crippen LogP contribution >= 0.6 is 23.2 Å². The zero-order chi connectivity index (χ0) is 13.8. The lowest BCUT2D eigenvalue weighted by Crippen LogP contribution is -2.06. The highest BCUT2D eigenvalue weighted by molar-refractivity contribution is 6.35. The van der Waals surface area contributed by atoms with Gasteiger partial charge in [0.1, 0.15) is 11.5 Å². The van der Waals surface area contributed by atoms with Gasteiger partial charge >= 0.3 is 0 Å². The topological polar surface area (TPSA) is 37.3 Å². The van der Waals surface area contributed by atoms with E-state index in [-0.39, 0.29) is 23.0 Å². The Labute approximate surface area is 121 Å². The molecular weight excluding hydrogens is 283 g/mol. The number of halogens is 2. The minimum absolute atomic E-state index is 0.000154. The Kier molecular flexibility index (Phi) is 4.46. The van der Waals surface area contributed by atoms with Crippen LogP contribution in [-0.2, 0) is 17.6 Å². The number of Topliss-reactive ketones (excluding diaryl/α,β-unsaturated/α-hetero) is 1. The number of benzene rings is 2. The molecule has 19 heavy (non-hydrogen) atoms. The molecule has 0 aliphatic carbocycles. The predicted octanol–water partition coefficient (Wildman–Crippen LogP) is 4.05. The van der Waals surface area contributed by atoms with Gasteiger partial charge in [-0.3, -0.25) is 4.79 Å². The minimum Gasteiger partial charge on any atom is -0.506 e. The minimum atomic E-state index is -0.0764. The molecule has 2 aromatic rings. The van der Waals surface area contributed by atoms with Crippen molar-refractivity contribution in [2.75, 3.05) is 0 Å². The molecule has 2 aromatic carbocycles. The molecule has 98 valence electrons. The van der Waals surface area contributed by atoms with E-state index in [1.807, 2.05) is 30.3 Å². The Morgan fingerprint density at radius 3 is 2.42 bits per heavy atom. The van der Waals surface area contributed by atoms with Crippen molar-refractivity contribution in [3.05, 3.63) is 63.6 Å². The molecule has 0 saturated carbocycles. The van der Waals surface area contributed by atoms with Crippen LogP contribution in [0.15, 0.2) is 42.5 Å². The van der Waals surface area contributed by atoms with E-state index in [0.29, 0.717) is 17.0 Å². The summed E-state index contributed by atoms with van der Waals surface area (Å²) in [5.74, 6) is -0.0766. The zero-order valence-corrected chi connectivity index (χ0v) is 11.6. The Hall–Kier alpha value is -1.51. The van der Waals surface area contributed by atoms with Crippen molar-refractivity contribution in [3.63, 3.8) is 0 Å². The number of phenols is 1. The average Bonchev–Trinajstić information content (AvgIpc) is 2.36. The Morgan fingerprint density at radius 2 is 1.74 bits per heavy atom. The number of rotatable bonds is 4. The van der Waals surface area contributed by atoms with Crippen LogP contribution < -0.4 is 0 Å². The molecule has 0 spiro atoms. The highest BCUT2D eigenvalue weighted by Crippen LogP contribution is 2.31. The third-order valence-corrected chi connectivity index (χ3v) is 3.25. The summed E-state index contributed by atoms with van der Waals surface area (Å²) >= 11 is 11.7. The van der Waals surface area contributed by atoms with E-state index in [4.69, 9.17) is 23.2 Å². The summed E-state index contributed by atoms with van der Waals surface area (Å²) in [6.07, 6.45) is 0.436. The van der Waals surface area contributed by atoms with Crippen LogP contribution in [0.1, 0.15) is 11.1 Å². The molecular formula is C15H12Cl2O2. The first-order chi connectivity index (χ1) is 9.06. The quantitative estimate of drug-likeness (QED) is 0.923. The molecule has 1 N–H and O–H groups in total. The van der Waals surface area contributed by atoms with Crippen molar-refractivity contribution in [1.29, 1.82) is 0 Å². The van der Waals surface area contributed by atoms with E-state index in [0.717, 1.165) is 5.56 Å². The maximum Gasteiger partial charge on any atom is 0.141 e. The molecule has 2 nitrogen and oxygen atoms in total. The van der Waals surface area contributed by atoms with Gasteiger partial charge < -0.3 is 5.11 Å². The van der Waals surface area contributed by atoms with Crippen LogP contribution in [0.25, 0.3) is 0 Å². The van der Waals surface area contributed by atoms with Crippen LogP contribution in [0.2, 0.25) is 10.0 Å². The number of hydrogen-bond donors (Lipinski definition) is 1. The molecule has 0 heterocycles. The van der Waals surface area contributed by atoms with Gasteiger partial charge in [0, 0.05) is 23.4 Å². The van der Waals surface area contributed by atoms with Gasteiger partial charge in [0.2, 0.25) is 0 Å². The molecule has 0 bridgehead atoms. The molecule has 0 aliphatic rings. The van der Waals surface area contributed by atoms with E-state index in [1.54, 1.807) is 6.07 Å². The standard InChI is InChI=1S/C15H12Cl2O2/c16-12-7-11(15(19)14(17)9-12)8-13(18)6-10-4-2-1-3-5-10/h1-5,7,9,19H,6,8H2. The molecule has 0 aliphatic heterocycles. The van der Waals surface area contributed by atoms with Crippen molar-refractivity contribution in [1.82, 2.24) is 0 Å². The first-order valence-corrected chi connectivity index (χ1v) is 6.54. The number of ketones is 1. The van der Waals surface area contributed by atoms with Crippen molar-refractivity contribution >= 4 is 29.0 Å². The van der Waals surface area contributed by atoms with Gasteiger partial charge in [0.25, 0.3) is 0 Å². The summed E-state index contributed by atoms with van der Waals surface area (Å²) in [6.45, 7) is 0. The Morgan fingerprint density at radius 1 is 1.05 bits per heavy atom.